The molecular weight excluding hydrogens is 553 g/mol. The number of alkyl halides is 3. The standard InChI is InChI=1S/C36H43F3O4/c1-3-5-7-9-10-11-13-26-15-17-27(18-16-26)31-24-23-30(34(40)41)25-32(31)28-19-21-29(22-20-28)35(42)43-33(36(37,38)39)14-12-8-6-4-2/h15-25,33H,3-14H2,1-2H3,(H,40,41). The van der Waals surface area contributed by atoms with Gasteiger partial charge in [0.1, 0.15) is 0 Å². The van der Waals surface area contributed by atoms with Gasteiger partial charge in [0.05, 0.1) is 11.1 Å². The van der Waals surface area contributed by atoms with E-state index < -0.39 is 24.2 Å². The minimum absolute atomic E-state index is 0.00143. The molecule has 4 nitrogen and oxygen atoms in total. The van der Waals surface area contributed by atoms with Crippen LogP contribution in [0.15, 0.2) is 66.7 Å². The van der Waals surface area contributed by atoms with Crippen molar-refractivity contribution in [3.8, 4) is 22.3 Å². The van der Waals surface area contributed by atoms with Gasteiger partial charge in [-0.15, -0.1) is 0 Å². The van der Waals surface area contributed by atoms with Gasteiger partial charge in [0.2, 0.25) is 0 Å². The molecule has 0 amide bonds. The van der Waals surface area contributed by atoms with E-state index in [0.717, 1.165) is 36.8 Å². The first kappa shape index (κ1) is 33.9. The maximum absolute atomic E-state index is 13.5. The third kappa shape index (κ3) is 10.6. The Morgan fingerprint density at radius 2 is 1.23 bits per heavy atom. The second kappa shape index (κ2) is 16.9. The van der Waals surface area contributed by atoms with E-state index in [1.807, 2.05) is 19.1 Å². The Balaban J connectivity index is 1.77. The Hall–Kier alpha value is -3.61. The zero-order valence-corrected chi connectivity index (χ0v) is 25.2. The van der Waals surface area contributed by atoms with Crippen LogP contribution in [-0.2, 0) is 11.2 Å². The molecule has 1 unspecified atom stereocenters. The molecule has 0 radical (unpaired) electrons. The molecule has 0 saturated heterocycles. The van der Waals surface area contributed by atoms with E-state index in [4.69, 9.17) is 4.74 Å². The van der Waals surface area contributed by atoms with Crippen LogP contribution in [0.25, 0.3) is 22.3 Å². The zero-order valence-electron chi connectivity index (χ0n) is 25.2. The van der Waals surface area contributed by atoms with Crippen molar-refractivity contribution in [3.05, 3.63) is 83.4 Å². The topological polar surface area (TPSA) is 63.6 Å². The maximum Gasteiger partial charge on any atom is 0.425 e. The number of rotatable bonds is 17. The van der Waals surface area contributed by atoms with E-state index in [0.29, 0.717) is 24.0 Å². The summed E-state index contributed by atoms with van der Waals surface area (Å²) in [4.78, 5) is 24.4. The summed E-state index contributed by atoms with van der Waals surface area (Å²) < 4.78 is 45.4. The Morgan fingerprint density at radius 3 is 1.84 bits per heavy atom. The van der Waals surface area contributed by atoms with Crippen LogP contribution in [0.5, 0.6) is 0 Å². The summed E-state index contributed by atoms with van der Waals surface area (Å²) in [5.74, 6) is -2.11. The van der Waals surface area contributed by atoms with Gasteiger partial charge in [-0.25, -0.2) is 9.59 Å². The molecule has 0 spiro atoms. The zero-order chi connectivity index (χ0) is 31.2. The van der Waals surface area contributed by atoms with Crippen molar-refractivity contribution in [1.82, 2.24) is 0 Å². The van der Waals surface area contributed by atoms with Gasteiger partial charge in [-0.3, -0.25) is 0 Å². The first-order valence-electron chi connectivity index (χ1n) is 15.5. The number of carboxylic acids is 1. The van der Waals surface area contributed by atoms with E-state index in [1.54, 1.807) is 30.3 Å². The van der Waals surface area contributed by atoms with E-state index in [-0.39, 0.29) is 17.5 Å². The molecule has 0 aromatic heterocycles. The van der Waals surface area contributed by atoms with E-state index >= 15 is 0 Å². The Kier molecular flexibility index (Phi) is 13.3. The monoisotopic (exact) mass is 596 g/mol. The molecular formula is C36H43F3O4. The number of hydrogen-bond donors (Lipinski definition) is 1. The lowest BCUT2D eigenvalue weighted by Crippen LogP contribution is -2.33. The Labute approximate surface area is 253 Å². The summed E-state index contributed by atoms with van der Waals surface area (Å²) in [6, 6.07) is 19.2. The quantitative estimate of drug-likeness (QED) is 0.124. The van der Waals surface area contributed by atoms with Gasteiger partial charge >= 0.3 is 18.1 Å². The molecule has 43 heavy (non-hydrogen) atoms. The molecule has 0 aliphatic rings. The summed E-state index contributed by atoms with van der Waals surface area (Å²) >= 11 is 0. The molecule has 7 heteroatoms. The number of halogens is 3. The van der Waals surface area contributed by atoms with Crippen molar-refractivity contribution in [2.45, 2.75) is 103 Å². The molecule has 0 aliphatic heterocycles. The largest absolute Gasteiger partial charge is 0.478 e. The van der Waals surface area contributed by atoms with E-state index in [2.05, 4.69) is 19.1 Å². The van der Waals surface area contributed by atoms with Crippen LogP contribution in [0.1, 0.15) is 111 Å². The van der Waals surface area contributed by atoms with Crippen molar-refractivity contribution in [1.29, 1.82) is 0 Å². The van der Waals surface area contributed by atoms with E-state index in [1.165, 1.54) is 49.8 Å². The van der Waals surface area contributed by atoms with Crippen molar-refractivity contribution >= 4 is 11.9 Å². The lowest BCUT2D eigenvalue weighted by Gasteiger charge is -2.21. The number of carbonyl (C=O) groups is 2. The summed E-state index contributed by atoms with van der Waals surface area (Å²) in [5.41, 5.74) is 4.37. The molecule has 3 aromatic carbocycles. The second-order valence-electron chi connectivity index (χ2n) is 11.1. The number of aromatic carboxylic acids is 1. The Morgan fingerprint density at radius 1 is 0.698 bits per heavy atom. The fourth-order valence-electron chi connectivity index (χ4n) is 5.16. The smallest absolute Gasteiger partial charge is 0.425 e. The molecule has 1 atom stereocenters. The van der Waals surface area contributed by atoms with Gasteiger partial charge in [-0.2, -0.15) is 13.2 Å². The third-order valence-electron chi connectivity index (χ3n) is 7.72. The number of benzene rings is 3. The summed E-state index contributed by atoms with van der Waals surface area (Å²) in [6.45, 7) is 4.18. The van der Waals surface area contributed by atoms with Crippen LogP contribution in [0.4, 0.5) is 13.2 Å². The van der Waals surface area contributed by atoms with Crippen LogP contribution in [0.3, 0.4) is 0 Å². The number of esters is 1. The minimum Gasteiger partial charge on any atom is -0.478 e. The number of unbranched alkanes of at least 4 members (excludes halogenated alkanes) is 8. The number of carboxylic acid groups (broad SMARTS) is 1. The van der Waals surface area contributed by atoms with Crippen LogP contribution in [-0.4, -0.2) is 29.3 Å². The highest BCUT2D eigenvalue weighted by Gasteiger charge is 2.42. The van der Waals surface area contributed by atoms with Crippen molar-refractivity contribution < 1.29 is 32.6 Å². The highest BCUT2D eigenvalue weighted by atomic mass is 19.4. The molecule has 3 aromatic rings. The number of carbonyl (C=O) groups excluding carboxylic acids is 1. The molecule has 3 rings (SSSR count). The Bertz CT molecular complexity index is 1300. The first-order chi connectivity index (χ1) is 20.6. The molecule has 232 valence electrons. The normalized spacial score (nSPS) is 12.2. The number of aryl methyl sites for hydroxylation is 1. The molecule has 0 bridgehead atoms. The van der Waals surface area contributed by atoms with Gasteiger partial charge in [-0.05, 0) is 77.8 Å². The molecule has 0 fully saturated rings. The summed E-state index contributed by atoms with van der Waals surface area (Å²) in [6.07, 6.45) is 4.03. The SMILES string of the molecule is CCCCCCCCc1ccc(-c2ccc(C(=O)O)cc2-c2ccc(C(=O)OC(CCCCCC)C(F)(F)F)cc2)cc1. The molecule has 0 aliphatic carbocycles. The van der Waals surface area contributed by atoms with Crippen molar-refractivity contribution in [2.24, 2.45) is 0 Å². The number of hydrogen-bond acceptors (Lipinski definition) is 3. The fraction of sp³-hybridized carbons (Fsp3) is 0.444. The first-order valence-corrected chi connectivity index (χ1v) is 15.5. The van der Waals surface area contributed by atoms with Gasteiger partial charge < -0.3 is 9.84 Å². The number of ether oxygens (including phenoxy) is 1. The van der Waals surface area contributed by atoms with Crippen molar-refractivity contribution in [3.63, 3.8) is 0 Å². The van der Waals surface area contributed by atoms with Crippen LogP contribution in [0, 0.1) is 0 Å². The van der Waals surface area contributed by atoms with E-state index in [9.17, 15) is 27.9 Å². The molecule has 1 N–H and O–H groups in total. The molecule has 0 heterocycles. The highest BCUT2D eigenvalue weighted by Crippen LogP contribution is 2.34. The average molecular weight is 597 g/mol. The lowest BCUT2D eigenvalue weighted by atomic mass is 9.91. The van der Waals surface area contributed by atoms with Gasteiger partial charge in [0, 0.05) is 0 Å². The van der Waals surface area contributed by atoms with Crippen molar-refractivity contribution in [2.75, 3.05) is 0 Å². The predicted octanol–water partition coefficient (Wildman–Crippen LogP) is 10.7. The maximum atomic E-state index is 13.5. The summed E-state index contributed by atoms with van der Waals surface area (Å²) in [5, 5.41) is 9.61. The second-order valence-corrected chi connectivity index (χ2v) is 11.1. The molecule has 0 saturated carbocycles. The summed E-state index contributed by atoms with van der Waals surface area (Å²) in [7, 11) is 0. The average Bonchev–Trinajstić information content (AvgIpc) is 3.00. The highest BCUT2D eigenvalue weighted by molar-refractivity contribution is 5.94. The van der Waals surface area contributed by atoms with Gasteiger partial charge in [0.25, 0.3) is 0 Å². The van der Waals surface area contributed by atoms with Gasteiger partial charge in [-0.1, -0.05) is 108 Å². The third-order valence-corrected chi connectivity index (χ3v) is 7.72. The lowest BCUT2D eigenvalue weighted by molar-refractivity contribution is -0.206. The van der Waals surface area contributed by atoms with Crippen LogP contribution in [0.2, 0.25) is 0 Å². The predicted molar refractivity (Wildman–Crippen MR) is 165 cm³/mol. The fourth-order valence-corrected chi connectivity index (χ4v) is 5.16. The van der Waals surface area contributed by atoms with Crippen LogP contribution >= 0.6 is 0 Å². The minimum atomic E-state index is -4.64. The van der Waals surface area contributed by atoms with Gasteiger partial charge in [0.15, 0.2) is 6.10 Å². The van der Waals surface area contributed by atoms with Crippen LogP contribution < -0.4 is 0 Å².